The quantitative estimate of drug-likeness (QED) is 0.618. The summed E-state index contributed by atoms with van der Waals surface area (Å²) in [6.45, 7) is 0.205. The summed E-state index contributed by atoms with van der Waals surface area (Å²) in [6, 6.07) is 12.3. The van der Waals surface area contributed by atoms with Crippen molar-refractivity contribution in [3.05, 3.63) is 53.6 Å². The molecule has 1 heterocycles. The molecule has 1 N–H and O–H groups in total. The van der Waals surface area contributed by atoms with E-state index in [-0.39, 0.29) is 11.5 Å². The zero-order valence-corrected chi connectivity index (χ0v) is 17.6. The highest BCUT2D eigenvalue weighted by atomic mass is 35.5. The van der Waals surface area contributed by atoms with Gasteiger partial charge in [-0.2, -0.15) is 4.31 Å². The number of hydrogen-bond acceptors (Lipinski definition) is 6. The van der Waals surface area contributed by atoms with Crippen molar-refractivity contribution < 1.29 is 27.5 Å². The topological polar surface area (TPSA) is 102 Å². The summed E-state index contributed by atoms with van der Waals surface area (Å²) in [4.78, 5) is 23.8. The van der Waals surface area contributed by atoms with Gasteiger partial charge in [-0.05, 0) is 61.4 Å². The van der Waals surface area contributed by atoms with Gasteiger partial charge in [0, 0.05) is 23.8 Å². The first-order chi connectivity index (χ1) is 14.3. The molecule has 2 aromatic carbocycles. The number of esters is 1. The lowest BCUT2D eigenvalue weighted by atomic mass is 10.3. The summed E-state index contributed by atoms with van der Waals surface area (Å²) in [5, 5.41) is 3.09. The third-order valence-corrected chi connectivity index (χ3v) is 6.54. The molecule has 0 unspecified atom stereocenters. The van der Waals surface area contributed by atoms with Gasteiger partial charge in [-0.25, -0.2) is 13.2 Å². The normalized spacial score (nSPS) is 14.3. The van der Waals surface area contributed by atoms with Gasteiger partial charge in [0.25, 0.3) is 5.91 Å². The molecule has 2 aromatic rings. The fourth-order valence-electron chi connectivity index (χ4n) is 2.85. The van der Waals surface area contributed by atoms with E-state index in [1.54, 1.807) is 24.3 Å². The van der Waals surface area contributed by atoms with E-state index in [0.29, 0.717) is 29.5 Å². The highest BCUT2D eigenvalue weighted by molar-refractivity contribution is 7.89. The third kappa shape index (κ3) is 5.94. The minimum absolute atomic E-state index is 0.174. The molecule has 0 aliphatic carbocycles. The van der Waals surface area contributed by atoms with E-state index in [1.807, 2.05) is 0 Å². The number of amides is 1. The summed E-state index contributed by atoms with van der Waals surface area (Å²) in [5.41, 5.74) is 0.397. The molecular formula is C20H21ClN2O6S. The van der Waals surface area contributed by atoms with Crippen molar-refractivity contribution in [2.24, 2.45) is 0 Å². The monoisotopic (exact) mass is 452 g/mol. The summed E-state index contributed by atoms with van der Waals surface area (Å²) >= 11 is 5.76. The van der Waals surface area contributed by atoms with Gasteiger partial charge in [0.05, 0.1) is 4.90 Å². The molecule has 1 aliphatic heterocycles. The Labute approximate surface area is 179 Å². The van der Waals surface area contributed by atoms with Crippen LogP contribution in [0.2, 0.25) is 5.02 Å². The minimum atomic E-state index is -3.51. The van der Waals surface area contributed by atoms with Gasteiger partial charge in [-0.15, -0.1) is 0 Å². The van der Waals surface area contributed by atoms with Crippen LogP contribution in [0.4, 0.5) is 5.69 Å². The first-order valence-electron chi connectivity index (χ1n) is 9.29. The van der Waals surface area contributed by atoms with E-state index in [1.165, 1.54) is 28.6 Å². The van der Waals surface area contributed by atoms with Crippen molar-refractivity contribution in [2.45, 2.75) is 17.7 Å². The summed E-state index contributed by atoms with van der Waals surface area (Å²) in [5.74, 6) is -0.804. The molecule has 1 saturated heterocycles. The predicted molar refractivity (Wildman–Crippen MR) is 111 cm³/mol. The van der Waals surface area contributed by atoms with Crippen LogP contribution in [0, 0.1) is 0 Å². The first kappa shape index (κ1) is 22.1. The molecule has 0 aromatic heterocycles. The van der Waals surface area contributed by atoms with Crippen LogP contribution >= 0.6 is 11.6 Å². The van der Waals surface area contributed by atoms with Gasteiger partial charge in [0.2, 0.25) is 10.0 Å². The van der Waals surface area contributed by atoms with Crippen molar-refractivity contribution in [3.8, 4) is 5.75 Å². The first-order valence-corrected chi connectivity index (χ1v) is 11.1. The van der Waals surface area contributed by atoms with Gasteiger partial charge in [0.1, 0.15) is 5.75 Å². The number of nitrogens with zero attached hydrogens (tertiary/aromatic N) is 1. The minimum Gasteiger partial charge on any atom is -0.482 e. The summed E-state index contributed by atoms with van der Waals surface area (Å²) in [6.07, 6.45) is 1.72. The van der Waals surface area contributed by atoms with E-state index < -0.39 is 28.5 Å². The number of halogens is 1. The highest BCUT2D eigenvalue weighted by Gasteiger charge is 2.26. The molecule has 0 spiro atoms. The molecule has 1 aliphatic rings. The lowest BCUT2D eigenvalue weighted by Gasteiger charge is -2.15. The second kappa shape index (κ2) is 9.92. The van der Waals surface area contributed by atoms with E-state index in [2.05, 4.69) is 5.32 Å². The van der Waals surface area contributed by atoms with Crippen LogP contribution in [-0.2, 0) is 24.3 Å². The zero-order chi connectivity index (χ0) is 21.6. The fraction of sp³-hybridized carbons (Fsp3) is 0.300. The van der Waals surface area contributed by atoms with Crippen LogP contribution in [0.3, 0.4) is 0 Å². The Balaban J connectivity index is 1.44. The van der Waals surface area contributed by atoms with Gasteiger partial charge in [-0.1, -0.05) is 11.6 Å². The maximum absolute atomic E-state index is 12.5. The van der Waals surface area contributed by atoms with Crippen LogP contribution in [0.25, 0.3) is 0 Å². The Bertz CT molecular complexity index is 987. The van der Waals surface area contributed by atoms with Crippen molar-refractivity contribution in [1.82, 2.24) is 4.31 Å². The molecule has 8 nitrogen and oxygen atoms in total. The second-order valence-corrected chi connectivity index (χ2v) is 8.96. The number of sulfonamides is 1. The standard InChI is InChI=1S/C20H21ClN2O6S/c21-15-3-7-17(8-4-15)28-14-20(25)29-13-19(24)22-16-5-9-18(10-6-16)30(26,27)23-11-1-2-12-23/h3-10H,1-2,11-14H2,(H,22,24). The summed E-state index contributed by atoms with van der Waals surface area (Å²) < 4.78 is 36.5. The number of rotatable bonds is 8. The molecule has 1 fully saturated rings. The molecule has 3 rings (SSSR count). The molecule has 10 heteroatoms. The Morgan fingerprint density at radius 2 is 1.60 bits per heavy atom. The SMILES string of the molecule is O=C(COC(=O)COc1ccc(Cl)cc1)Nc1ccc(S(=O)(=O)N2CCCC2)cc1. The van der Waals surface area contributed by atoms with Crippen molar-refractivity contribution in [1.29, 1.82) is 0 Å². The number of carbonyl (C=O) groups is 2. The van der Waals surface area contributed by atoms with Crippen LogP contribution in [0.1, 0.15) is 12.8 Å². The second-order valence-electron chi connectivity index (χ2n) is 6.59. The predicted octanol–water partition coefficient (Wildman–Crippen LogP) is 2.69. The van der Waals surface area contributed by atoms with Crippen LogP contribution in [0.15, 0.2) is 53.4 Å². The number of hydrogen-bond donors (Lipinski definition) is 1. The van der Waals surface area contributed by atoms with E-state index in [0.717, 1.165) is 12.8 Å². The lowest BCUT2D eigenvalue weighted by Crippen LogP contribution is -2.27. The third-order valence-electron chi connectivity index (χ3n) is 4.38. The Morgan fingerprint density at radius 3 is 2.23 bits per heavy atom. The molecule has 160 valence electrons. The molecule has 1 amide bonds. The van der Waals surface area contributed by atoms with E-state index in [9.17, 15) is 18.0 Å². The number of nitrogens with one attached hydrogen (secondary N) is 1. The van der Waals surface area contributed by atoms with Crippen LogP contribution < -0.4 is 10.1 Å². The van der Waals surface area contributed by atoms with Crippen molar-refractivity contribution >= 4 is 39.2 Å². The number of ether oxygens (including phenoxy) is 2. The fourth-order valence-corrected chi connectivity index (χ4v) is 4.49. The Kier molecular flexibility index (Phi) is 7.30. The molecule has 0 radical (unpaired) electrons. The molecule has 0 atom stereocenters. The number of anilines is 1. The van der Waals surface area contributed by atoms with E-state index >= 15 is 0 Å². The maximum Gasteiger partial charge on any atom is 0.344 e. The largest absolute Gasteiger partial charge is 0.482 e. The maximum atomic E-state index is 12.5. The highest BCUT2D eigenvalue weighted by Crippen LogP contribution is 2.22. The van der Waals surface area contributed by atoms with Crippen LogP contribution in [-0.4, -0.2) is 50.9 Å². The van der Waals surface area contributed by atoms with Crippen molar-refractivity contribution in [3.63, 3.8) is 0 Å². The number of benzene rings is 2. The van der Waals surface area contributed by atoms with Crippen LogP contribution in [0.5, 0.6) is 5.75 Å². The average Bonchev–Trinajstić information content (AvgIpc) is 3.28. The van der Waals surface area contributed by atoms with Gasteiger partial charge < -0.3 is 14.8 Å². The Morgan fingerprint density at radius 1 is 0.967 bits per heavy atom. The van der Waals surface area contributed by atoms with Gasteiger partial charge in [0.15, 0.2) is 13.2 Å². The average molecular weight is 453 g/mol. The smallest absolute Gasteiger partial charge is 0.344 e. The van der Waals surface area contributed by atoms with Gasteiger partial charge in [-0.3, -0.25) is 4.79 Å². The number of carbonyl (C=O) groups excluding carboxylic acids is 2. The Hall–Kier alpha value is -2.62. The molecule has 0 saturated carbocycles. The summed E-state index contributed by atoms with van der Waals surface area (Å²) in [7, 11) is -3.51. The molecule has 30 heavy (non-hydrogen) atoms. The lowest BCUT2D eigenvalue weighted by molar-refractivity contribution is -0.149. The zero-order valence-electron chi connectivity index (χ0n) is 16.0. The van der Waals surface area contributed by atoms with Gasteiger partial charge >= 0.3 is 5.97 Å². The molecular weight excluding hydrogens is 432 g/mol. The van der Waals surface area contributed by atoms with Crippen molar-refractivity contribution in [2.75, 3.05) is 31.6 Å². The van der Waals surface area contributed by atoms with E-state index in [4.69, 9.17) is 21.1 Å². The molecule has 0 bridgehead atoms.